The van der Waals surface area contributed by atoms with Gasteiger partial charge in [0.25, 0.3) is 0 Å². The fourth-order valence-electron chi connectivity index (χ4n) is 2.62. The predicted molar refractivity (Wildman–Crippen MR) is 76.5 cm³/mol. The van der Waals surface area contributed by atoms with Gasteiger partial charge in [-0.3, -0.25) is 4.90 Å². The molecule has 4 heteroatoms. The number of hydrogen-bond donors (Lipinski definition) is 1. The average Bonchev–Trinajstić information content (AvgIpc) is 2.32. The molecule has 1 aliphatic heterocycles. The molecular formula is C14H21ClN2O. The van der Waals surface area contributed by atoms with Crippen molar-refractivity contribution >= 4 is 17.3 Å². The highest BCUT2D eigenvalue weighted by Crippen LogP contribution is 2.27. The van der Waals surface area contributed by atoms with Crippen LogP contribution in [0.25, 0.3) is 0 Å². The van der Waals surface area contributed by atoms with E-state index in [0.29, 0.717) is 6.04 Å². The number of likely N-dealkylation sites (N-methyl/N-ethyl adjacent to an activating group) is 1. The lowest BCUT2D eigenvalue weighted by molar-refractivity contribution is 0.0996. The lowest BCUT2D eigenvalue weighted by Gasteiger charge is -2.44. The summed E-state index contributed by atoms with van der Waals surface area (Å²) in [6.45, 7) is 6.32. The van der Waals surface area contributed by atoms with Crippen LogP contribution in [0.4, 0.5) is 5.69 Å². The van der Waals surface area contributed by atoms with Crippen LogP contribution in [-0.4, -0.2) is 48.8 Å². The topological polar surface area (TPSA) is 26.7 Å². The third-order valence-corrected chi connectivity index (χ3v) is 4.13. The van der Waals surface area contributed by atoms with Crippen molar-refractivity contribution in [3.05, 3.63) is 28.8 Å². The third kappa shape index (κ3) is 2.63. The van der Waals surface area contributed by atoms with E-state index < -0.39 is 0 Å². The lowest BCUT2D eigenvalue weighted by Crippen LogP contribution is -2.57. The number of hydrogen-bond acceptors (Lipinski definition) is 3. The van der Waals surface area contributed by atoms with E-state index in [1.54, 1.807) is 0 Å². The summed E-state index contributed by atoms with van der Waals surface area (Å²) in [5.41, 5.74) is 2.41. The van der Waals surface area contributed by atoms with Gasteiger partial charge in [0.05, 0.1) is 12.6 Å². The first-order valence-corrected chi connectivity index (χ1v) is 6.74. The Bertz CT molecular complexity index is 424. The number of nitrogens with zero attached hydrogens (tertiary/aromatic N) is 2. The van der Waals surface area contributed by atoms with Crippen LogP contribution in [0, 0.1) is 6.92 Å². The number of anilines is 1. The summed E-state index contributed by atoms with van der Waals surface area (Å²) in [4.78, 5) is 4.60. The zero-order valence-corrected chi connectivity index (χ0v) is 12.0. The maximum atomic E-state index is 9.47. The highest BCUT2D eigenvalue weighted by atomic mass is 35.5. The van der Waals surface area contributed by atoms with Crippen LogP contribution in [0.3, 0.4) is 0 Å². The Morgan fingerprint density at radius 1 is 1.39 bits per heavy atom. The second kappa shape index (κ2) is 5.47. The Balaban J connectivity index is 2.23. The standard InChI is InChI=1S/C14H21ClN2O/c1-10-6-12(15)4-5-14(10)17-7-11(2)16(3)13(8-17)9-18/h4-6,11,13,18H,7-9H2,1-3H3. The first kappa shape index (κ1) is 13.7. The molecule has 100 valence electrons. The van der Waals surface area contributed by atoms with Gasteiger partial charge in [-0.25, -0.2) is 0 Å². The van der Waals surface area contributed by atoms with Crippen LogP contribution in [0.1, 0.15) is 12.5 Å². The minimum absolute atomic E-state index is 0.198. The smallest absolute Gasteiger partial charge is 0.0604 e. The van der Waals surface area contributed by atoms with Gasteiger partial charge in [-0.1, -0.05) is 11.6 Å². The summed E-state index contributed by atoms with van der Waals surface area (Å²) in [5.74, 6) is 0. The minimum Gasteiger partial charge on any atom is -0.395 e. The second-order valence-corrected chi connectivity index (χ2v) is 5.62. The van der Waals surface area contributed by atoms with Gasteiger partial charge in [0.1, 0.15) is 0 Å². The van der Waals surface area contributed by atoms with Crippen LogP contribution in [-0.2, 0) is 0 Å². The van der Waals surface area contributed by atoms with Crippen molar-refractivity contribution in [1.82, 2.24) is 4.90 Å². The van der Waals surface area contributed by atoms with Gasteiger partial charge < -0.3 is 10.0 Å². The molecule has 1 aromatic rings. The van der Waals surface area contributed by atoms with Crippen molar-refractivity contribution in [2.75, 3.05) is 31.6 Å². The zero-order chi connectivity index (χ0) is 13.3. The largest absolute Gasteiger partial charge is 0.395 e. The molecule has 1 saturated heterocycles. The Morgan fingerprint density at radius 2 is 2.11 bits per heavy atom. The van der Waals surface area contributed by atoms with Gasteiger partial charge in [0, 0.05) is 29.8 Å². The maximum absolute atomic E-state index is 9.47. The number of halogens is 1. The summed E-state index contributed by atoms with van der Waals surface area (Å²) in [7, 11) is 2.08. The Kier molecular flexibility index (Phi) is 4.15. The molecule has 2 rings (SSSR count). The number of aliphatic hydroxyl groups is 1. The normalized spacial score (nSPS) is 25.5. The quantitative estimate of drug-likeness (QED) is 0.890. The second-order valence-electron chi connectivity index (χ2n) is 5.19. The van der Waals surface area contributed by atoms with Gasteiger partial charge >= 0.3 is 0 Å². The molecule has 0 spiro atoms. The molecule has 2 unspecified atom stereocenters. The van der Waals surface area contributed by atoms with Gasteiger partial charge in [0.2, 0.25) is 0 Å². The zero-order valence-electron chi connectivity index (χ0n) is 11.2. The van der Waals surface area contributed by atoms with E-state index in [9.17, 15) is 5.11 Å². The van der Waals surface area contributed by atoms with E-state index >= 15 is 0 Å². The van der Waals surface area contributed by atoms with Gasteiger partial charge in [-0.2, -0.15) is 0 Å². The van der Waals surface area contributed by atoms with Crippen molar-refractivity contribution in [3.8, 4) is 0 Å². The molecule has 0 saturated carbocycles. The highest BCUT2D eigenvalue weighted by molar-refractivity contribution is 6.30. The number of benzene rings is 1. The molecule has 1 fully saturated rings. The third-order valence-electron chi connectivity index (χ3n) is 3.90. The van der Waals surface area contributed by atoms with E-state index in [1.165, 1.54) is 11.3 Å². The molecule has 2 atom stereocenters. The van der Waals surface area contributed by atoms with E-state index in [4.69, 9.17) is 11.6 Å². The Hall–Kier alpha value is -0.770. The first-order valence-electron chi connectivity index (χ1n) is 6.37. The van der Waals surface area contributed by atoms with Crippen molar-refractivity contribution < 1.29 is 5.11 Å². The van der Waals surface area contributed by atoms with Crippen LogP contribution in [0.5, 0.6) is 0 Å². The Morgan fingerprint density at radius 3 is 2.72 bits per heavy atom. The van der Waals surface area contributed by atoms with Crippen LogP contribution >= 0.6 is 11.6 Å². The predicted octanol–water partition coefficient (Wildman–Crippen LogP) is 2.15. The van der Waals surface area contributed by atoms with Crippen molar-refractivity contribution in [2.45, 2.75) is 25.9 Å². The molecule has 18 heavy (non-hydrogen) atoms. The van der Waals surface area contributed by atoms with E-state index in [2.05, 4.69) is 36.8 Å². The number of rotatable bonds is 2. The molecular weight excluding hydrogens is 248 g/mol. The summed E-state index contributed by atoms with van der Waals surface area (Å²) < 4.78 is 0. The number of aliphatic hydroxyl groups excluding tert-OH is 1. The van der Waals surface area contributed by atoms with E-state index in [-0.39, 0.29) is 12.6 Å². The molecule has 0 amide bonds. The minimum atomic E-state index is 0.198. The van der Waals surface area contributed by atoms with E-state index in [0.717, 1.165) is 18.1 Å². The van der Waals surface area contributed by atoms with Crippen LogP contribution < -0.4 is 4.90 Å². The number of aryl methyl sites for hydroxylation is 1. The molecule has 0 radical (unpaired) electrons. The van der Waals surface area contributed by atoms with Crippen molar-refractivity contribution in [2.24, 2.45) is 0 Å². The monoisotopic (exact) mass is 268 g/mol. The number of piperazine rings is 1. The van der Waals surface area contributed by atoms with Crippen molar-refractivity contribution in [3.63, 3.8) is 0 Å². The molecule has 1 heterocycles. The molecule has 0 aliphatic carbocycles. The summed E-state index contributed by atoms with van der Waals surface area (Å²) in [6.07, 6.45) is 0. The van der Waals surface area contributed by atoms with Gasteiger partial charge in [-0.05, 0) is 44.7 Å². The summed E-state index contributed by atoms with van der Waals surface area (Å²) in [5, 5.41) is 10.2. The van der Waals surface area contributed by atoms with Crippen molar-refractivity contribution in [1.29, 1.82) is 0 Å². The fourth-order valence-corrected chi connectivity index (χ4v) is 2.85. The SMILES string of the molecule is Cc1cc(Cl)ccc1N1CC(C)N(C)C(CO)C1. The molecule has 3 nitrogen and oxygen atoms in total. The van der Waals surface area contributed by atoms with Crippen LogP contribution in [0.2, 0.25) is 5.02 Å². The molecule has 1 aromatic carbocycles. The summed E-state index contributed by atoms with van der Waals surface area (Å²) in [6, 6.07) is 6.63. The highest BCUT2D eigenvalue weighted by Gasteiger charge is 2.29. The Labute approximate surface area is 114 Å². The van der Waals surface area contributed by atoms with Gasteiger partial charge in [-0.15, -0.1) is 0 Å². The molecule has 0 bridgehead atoms. The first-order chi connectivity index (χ1) is 8.52. The lowest BCUT2D eigenvalue weighted by atomic mass is 10.1. The van der Waals surface area contributed by atoms with Crippen LogP contribution in [0.15, 0.2) is 18.2 Å². The summed E-state index contributed by atoms with van der Waals surface area (Å²) >= 11 is 6.00. The average molecular weight is 269 g/mol. The maximum Gasteiger partial charge on any atom is 0.0604 e. The van der Waals surface area contributed by atoms with E-state index in [1.807, 2.05) is 12.1 Å². The van der Waals surface area contributed by atoms with Gasteiger partial charge in [0.15, 0.2) is 0 Å². The molecule has 1 aliphatic rings. The molecule has 0 aromatic heterocycles. The molecule has 1 N–H and O–H groups in total. The fraction of sp³-hybridized carbons (Fsp3) is 0.571.